The normalized spacial score (nSPS) is 19.9. The highest BCUT2D eigenvalue weighted by Gasteiger charge is 2.40. The monoisotopic (exact) mass is 361 g/mol. The van der Waals surface area contributed by atoms with E-state index in [0.29, 0.717) is 10.6 Å². The van der Waals surface area contributed by atoms with E-state index in [0.717, 1.165) is 5.56 Å². The molecular formula is C19H17ClFNO3. The molecule has 1 amide bonds. The molecule has 130 valence electrons. The Hall–Kier alpha value is -2.40. The van der Waals surface area contributed by atoms with Gasteiger partial charge in [0.15, 0.2) is 0 Å². The highest BCUT2D eigenvalue weighted by Crippen LogP contribution is 2.34. The molecule has 1 saturated heterocycles. The van der Waals surface area contributed by atoms with Gasteiger partial charge in [0.2, 0.25) is 0 Å². The van der Waals surface area contributed by atoms with Gasteiger partial charge in [-0.25, -0.2) is 4.39 Å². The van der Waals surface area contributed by atoms with Crippen molar-refractivity contribution in [3.63, 3.8) is 0 Å². The lowest BCUT2D eigenvalue weighted by molar-refractivity contribution is -0.141. The van der Waals surface area contributed by atoms with Crippen LogP contribution in [0.2, 0.25) is 5.02 Å². The zero-order valence-corrected chi connectivity index (χ0v) is 14.3. The summed E-state index contributed by atoms with van der Waals surface area (Å²) in [5, 5.41) is 10.1. The Morgan fingerprint density at radius 2 is 1.84 bits per heavy atom. The first-order valence-corrected chi connectivity index (χ1v) is 8.28. The van der Waals surface area contributed by atoms with Gasteiger partial charge in [0.05, 0.1) is 5.92 Å². The molecule has 0 aromatic heterocycles. The van der Waals surface area contributed by atoms with Crippen LogP contribution in [0.15, 0.2) is 42.5 Å². The van der Waals surface area contributed by atoms with Gasteiger partial charge in [-0.05, 0) is 42.3 Å². The number of rotatable bonds is 3. The van der Waals surface area contributed by atoms with E-state index >= 15 is 0 Å². The van der Waals surface area contributed by atoms with Crippen LogP contribution < -0.4 is 0 Å². The van der Waals surface area contributed by atoms with Crippen molar-refractivity contribution < 1.29 is 19.1 Å². The molecule has 2 aromatic carbocycles. The Kier molecular flexibility index (Phi) is 4.77. The van der Waals surface area contributed by atoms with Crippen LogP contribution in [0.4, 0.5) is 4.39 Å². The number of nitrogens with zero attached hydrogens (tertiary/aromatic N) is 1. The minimum absolute atomic E-state index is 0.0947. The van der Waals surface area contributed by atoms with Crippen LogP contribution in [-0.2, 0) is 4.79 Å². The summed E-state index contributed by atoms with van der Waals surface area (Å²) in [6, 6.07) is 11.0. The fourth-order valence-electron chi connectivity index (χ4n) is 3.26. The lowest BCUT2D eigenvalue weighted by Crippen LogP contribution is -2.30. The number of hydrogen-bond acceptors (Lipinski definition) is 2. The molecule has 2 atom stereocenters. The predicted molar refractivity (Wildman–Crippen MR) is 92.4 cm³/mol. The Morgan fingerprint density at radius 3 is 2.48 bits per heavy atom. The maximum atomic E-state index is 13.5. The van der Waals surface area contributed by atoms with Gasteiger partial charge in [0, 0.05) is 29.6 Å². The summed E-state index contributed by atoms with van der Waals surface area (Å²) in [5.74, 6) is -2.82. The van der Waals surface area contributed by atoms with Crippen LogP contribution in [0.3, 0.4) is 0 Å². The van der Waals surface area contributed by atoms with Crippen molar-refractivity contribution >= 4 is 23.5 Å². The van der Waals surface area contributed by atoms with E-state index in [1.807, 2.05) is 0 Å². The molecule has 2 aromatic rings. The molecule has 6 heteroatoms. The number of hydrogen-bond donors (Lipinski definition) is 1. The third kappa shape index (κ3) is 3.51. The molecule has 1 aliphatic rings. The molecule has 25 heavy (non-hydrogen) atoms. The third-order valence-electron chi connectivity index (χ3n) is 4.65. The summed E-state index contributed by atoms with van der Waals surface area (Å²) in [6.45, 7) is 2.10. The summed E-state index contributed by atoms with van der Waals surface area (Å²) in [5.41, 5.74) is 1.75. The first-order chi connectivity index (χ1) is 11.9. The second-order valence-electron chi connectivity index (χ2n) is 6.27. The van der Waals surface area contributed by atoms with Gasteiger partial charge < -0.3 is 10.0 Å². The van der Waals surface area contributed by atoms with Crippen molar-refractivity contribution in [3.8, 4) is 0 Å². The molecular weight excluding hydrogens is 345 g/mol. The van der Waals surface area contributed by atoms with Crippen molar-refractivity contribution in [3.05, 3.63) is 70.0 Å². The third-order valence-corrected chi connectivity index (χ3v) is 4.90. The molecule has 0 unspecified atom stereocenters. The van der Waals surface area contributed by atoms with Crippen molar-refractivity contribution in [2.45, 2.75) is 12.8 Å². The van der Waals surface area contributed by atoms with E-state index in [1.165, 1.54) is 17.0 Å². The molecule has 0 bridgehead atoms. The van der Waals surface area contributed by atoms with Crippen LogP contribution in [0.25, 0.3) is 0 Å². The highest BCUT2D eigenvalue weighted by molar-refractivity contribution is 6.30. The number of amides is 1. The first kappa shape index (κ1) is 17.4. The second kappa shape index (κ2) is 6.84. The topological polar surface area (TPSA) is 57.6 Å². The van der Waals surface area contributed by atoms with Crippen molar-refractivity contribution in [2.24, 2.45) is 5.92 Å². The van der Waals surface area contributed by atoms with Gasteiger partial charge >= 0.3 is 5.97 Å². The van der Waals surface area contributed by atoms with Crippen molar-refractivity contribution in [2.75, 3.05) is 13.1 Å². The Bertz CT molecular complexity index is 822. The Labute approximate surface area is 149 Å². The molecule has 0 aliphatic carbocycles. The van der Waals surface area contributed by atoms with Crippen LogP contribution in [0.1, 0.15) is 27.4 Å². The molecule has 4 nitrogen and oxygen atoms in total. The van der Waals surface area contributed by atoms with Crippen LogP contribution in [0, 0.1) is 18.7 Å². The fraction of sp³-hybridized carbons (Fsp3) is 0.263. The molecule has 1 fully saturated rings. The van der Waals surface area contributed by atoms with Gasteiger partial charge in [-0.1, -0.05) is 29.8 Å². The van der Waals surface area contributed by atoms with Gasteiger partial charge in [-0.15, -0.1) is 0 Å². The Morgan fingerprint density at radius 1 is 1.16 bits per heavy atom. The SMILES string of the molecule is Cc1ccc(F)cc1C(=O)N1C[C@@H](C(=O)O)[C@H](c2ccc(Cl)cc2)C1. The van der Waals surface area contributed by atoms with E-state index in [9.17, 15) is 19.1 Å². The van der Waals surface area contributed by atoms with E-state index in [2.05, 4.69) is 0 Å². The number of carboxylic acid groups (broad SMARTS) is 1. The molecule has 1 N–H and O–H groups in total. The van der Waals surface area contributed by atoms with Crippen molar-refractivity contribution in [1.82, 2.24) is 4.90 Å². The van der Waals surface area contributed by atoms with Gasteiger partial charge in [-0.2, -0.15) is 0 Å². The number of aliphatic carboxylic acids is 1. The number of halogens is 2. The van der Waals surface area contributed by atoms with Gasteiger partial charge in [0.25, 0.3) is 5.91 Å². The minimum atomic E-state index is -0.953. The highest BCUT2D eigenvalue weighted by atomic mass is 35.5. The molecule has 0 saturated carbocycles. The second-order valence-corrected chi connectivity index (χ2v) is 6.71. The lowest BCUT2D eigenvalue weighted by atomic mass is 9.89. The minimum Gasteiger partial charge on any atom is -0.481 e. The van der Waals surface area contributed by atoms with E-state index < -0.39 is 17.7 Å². The van der Waals surface area contributed by atoms with Gasteiger partial charge in [-0.3, -0.25) is 9.59 Å². The maximum Gasteiger partial charge on any atom is 0.308 e. The number of carbonyl (C=O) groups is 2. The van der Waals surface area contributed by atoms with E-state index in [4.69, 9.17) is 11.6 Å². The maximum absolute atomic E-state index is 13.5. The number of carbonyl (C=O) groups excluding carboxylic acids is 1. The average Bonchev–Trinajstić information content (AvgIpc) is 3.02. The lowest BCUT2D eigenvalue weighted by Gasteiger charge is -2.18. The average molecular weight is 362 g/mol. The summed E-state index contributed by atoms with van der Waals surface area (Å²) < 4.78 is 13.5. The Balaban J connectivity index is 1.89. The molecule has 0 spiro atoms. The van der Waals surface area contributed by atoms with Crippen LogP contribution in [-0.4, -0.2) is 35.0 Å². The van der Waals surface area contributed by atoms with Crippen LogP contribution in [0.5, 0.6) is 0 Å². The molecule has 1 heterocycles. The van der Waals surface area contributed by atoms with E-state index in [-0.39, 0.29) is 30.5 Å². The number of aryl methyl sites for hydroxylation is 1. The zero-order chi connectivity index (χ0) is 18.1. The fourth-order valence-corrected chi connectivity index (χ4v) is 3.39. The summed E-state index contributed by atoms with van der Waals surface area (Å²) >= 11 is 5.89. The smallest absolute Gasteiger partial charge is 0.308 e. The van der Waals surface area contributed by atoms with Gasteiger partial charge in [0.1, 0.15) is 5.82 Å². The molecule has 3 rings (SSSR count). The zero-order valence-electron chi connectivity index (χ0n) is 13.6. The number of carboxylic acids is 1. The summed E-state index contributed by atoms with van der Waals surface area (Å²) in [7, 11) is 0. The molecule has 1 aliphatic heterocycles. The van der Waals surface area contributed by atoms with E-state index in [1.54, 1.807) is 37.3 Å². The predicted octanol–water partition coefficient (Wildman–Crippen LogP) is 3.73. The quantitative estimate of drug-likeness (QED) is 0.906. The summed E-state index contributed by atoms with van der Waals surface area (Å²) in [4.78, 5) is 25.9. The number of benzene rings is 2. The summed E-state index contributed by atoms with van der Waals surface area (Å²) in [6.07, 6.45) is 0. The molecule has 0 radical (unpaired) electrons. The van der Waals surface area contributed by atoms with Crippen molar-refractivity contribution in [1.29, 1.82) is 0 Å². The largest absolute Gasteiger partial charge is 0.481 e. The number of likely N-dealkylation sites (tertiary alicyclic amines) is 1. The van der Waals surface area contributed by atoms with Crippen LogP contribution >= 0.6 is 11.6 Å². The first-order valence-electron chi connectivity index (χ1n) is 7.90. The standard InChI is InChI=1S/C19H17ClFNO3/c1-11-2-7-14(21)8-15(11)18(23)22-9-16(17(10-22)19(24)25)12-3-5-13(20)6-4-12/h2-8,16-17H,9-10H2,1H3,(H,24,25)/t16-,17+/m0/s1.